The summed E-state index contributed by atoms with van der Waals surface area (Å²) in [4.78, 5) is 25.7. The number of likely N-dealkylation sites (tertiary alicyclic amines) is 1. The number of cyclic esters (lactones) is 1. The lowest BCUT2D eigenvalue weighted by atomic mass is 9.68. The van der Waals surface area contributed by atoms with Gasteiger partial charge in [0.25, 0.3) is 0 Å². The number of carbonyl (C=O) groups excluding carboxylic acids is 2. The Labute approximate surface area is 160 Å². The highest BCUT2D eigenvalue weighted by atomic mass is 19.4. The molecule has 4 rings (SSSR count). The molecular weight excluding hydrogens is 377 g/mol. The molecule has 9 heteroatoms. The van der Waals surface area contributed by atoms with Gasteiger partial charge in [0.15, 0.2) is 0 Å². The van der Waals surface area contributed by atoms with E-state index in [9.17, 15) is 22.8 Å². The number of hydrogen-bond donors (Lipinski definition) is 1. The maximum atomic E-state index is 12.7. The van der Waals surface area contributed by atoms with E-state index in [-0.39, 0.29) is 29.0 Å². The molecule has 0 aromatic heterocycles. The largest absolute Gasteiger partial charge is 0.573 e. The summed E-state index contributed by atoms with van der Waals surface area (Å²) in [6, 6.07) is 5.96. The number of nitrogens with one attached hydrogen (secondary N) is 1. The Morgan fingerprint density at radius 3 is 2.36 bits per heavy atom. The molecule has 0 atom stereocenters. The van der Waals surface area contributed by atoms with Gasteiger partial charge in [0.1, 0.15) is 12.4 Å². The van der Waals surface area contributed by atoms with Crippen molar-refractivity contribution < 1.29 is 32.2 Å². The highest BCUT2D eigenvalue weighted by Crippen LogP contribution is 2.42. The van der Waals surface area contributed by atoms with Gasteiger partial charge >= 0.3 is 12.5 Å². The van der Waals surface area contributed by atoms with Crippen LogP contribution in [0.25, 0.3) is 0 Å². The SMILES string of the molecule is O=C1NC2(CO1)CC(C(=O)N1CCC(c3ccc(OC(F)(F)F)cc3)CC1)C2. The van der Waals surface area contributed by atoms with Gasteiger partial charge in [0.05, 0.1) is 5.54 Å². The molecule has 0 unspecified atom stereocenters. The fraction of sp³-hybridized carbons (Fsp3) is 0.579. The van der Waals surface area contributed by atoms with Crippen molar-refractivity contribution in [1.29, 1.82) is 0 Å². The van der Waals surface area contributed by atoms with Crippen molar-refractivity contribution >= 4 is 12.0 Å². The molecule has 3 aliphatic rings. The monoisotopic (exact) mass is 398 g/mol. The van der Waals surface area contributed by atoms with Crippen LogP contribution >= 0.6 is 0 Å². The highest BCUT2D eigenvalue weighted by Gasteiger charge is 2.53. The first-order valence-corrected chi connectivity index (χ1v) is 9.32. The lowest BCUT2D eigenvalue weighted by molar-refractivity contribution is -0.274. The van der Waals surface area contributed by atoms with Crippen molar-refractivity contribution in [3.05, 3.63) is 29.8 Å². The van der Waals surface area contributed by atoms with Gasteiger partial charge in [-0.2, -0.15) is 0 Å². The van der Waals surface area contributed by atoms with Crippen LogP contribution in [0.3, 0.4) is 0 Å². The zero-order chi connectivity index (χ0) is 19.9. The minimum absolute atomic E-state index is 0.0858. The molecule has 1 aromatic carbocycles. The van der Waals surface area contributed by atoms with Crippen LogP contribution in [0.1, 0.15) is 37.2 Å². The fourth-order valence-corrected chi connectivity index (χ4v) is 4.40. The van der Waals surface area contributed by atoms with Crippen LogP contribution in [0.2, 0.25) is 0 Å². The number of halogens is 3. The van der Waals surface area contributed by atoms with E-state index in [4.69, 9.17) is 4.74 Å². The van der Waals surface area contributed by atoms with E-state index in [0.717, 1.165) is 18.4 Å². The maximum absolute atomic E-state index is 12.7. The Bertz CT molecular complexity index is 751. The van der Waals surface area contributed by atoms with Gasteiger partial charge in [-0.25, -0.2) is 4.79 Å². The molecule has 1 aromatic rings. The smallest absolute Gasteiger partial charge is 0.447 e. The topological polar surface area (TPSA) is 67.9 Å². The van der Waals surface area contributed by atoms with E-state index in [1.807, 2.05) is 4.90 Å². The third-order valence-corrected chi connectivity index (χ3v) is 5.86. The first-order chi connectivity index (χ1) is 13.2. The number of nitrogens with zero attached hydrogens (tertiary/aromatic N) is 1. The van der Waals surface area contributed by atoms with E-state index in [0.29, 0.717) is 32.5 Å². The third-order valence-electron chi connectivity index (χ3n) is 5.86. The number of alkyl halides is 3. The molecule has 6 nitrogen and oxygen atoms in total. The molecule has 3 fully saturated rings. The number of carbonyl (C=O) groups is 2. The number of piperidine rings is 1. The quantitative estimate of drug-likeness (QED) is 0.849. The lowest BCUT2D eigenvalue weighted by Gasteiger charge is -2.45. The van der Waals surface area contributed by atoms with Crippen molar-refractivity contribution in [1.82, 2.24) is 10.2 Å². The Hall–Kier alpha value is -2.45. The first-order valence-electron chi connectivity index (χ1n) is 9.32. The summed E-state index contributed by atoms with van der Waals surface area (Å²) in [5.41, 5.74) is 0.589. The summed E-state index contributed by atoms with van der Waals surface area (Å²) in [5.74, 6) is 0.00139. The van der Waals surface area contributed by atoms with Gasteiger partial charge in [0.2, 0.25) is 5.91 Å². The van der Waals surface area contributed by atoms with E-state index in [2.05, 4.69) is 10.1 Å². The molecule has 2 heterocycles. The number of alkyl carbamates (subject to hydrolysis) is 1. The zero-order valence-corrected chi connectivity index (χ0v) is 15.1. The summed E-state index contributed by atoms with van der Waals surface area (Å²) in [7, 11) is 0. The molecule has 1 N–H and O–H groups in total. The van der Waals surface area contributed by atoms with Gasteiger partial charge in [0, 0.05) is 19.0 Å². The second kappa shape index (κ2) is 6.86. The molecular formula is C19H21F3N2O4. The maximum Gasteiger partial charge on any atom is 0.573 e. The molecule has 152 valence electrons. The minimum atomic E-state index is -4.69. The van der Waals surface area contributed by atoms with Crippen LogP contribution in [0.15, 0.2) is 24.3 Å². The highest BCUT2D eigenvalue weighted by molar-refractivity contribution is 5.81. The Morgan fingerprint density at radius 1 is 1.18 bits per heavy atom. The second-order valence-corrected chi connectivity index (χ2v) is 7.80. The van der Waals surface area contributed by atoms with Crippen LogP contribution < -0.4 is 10.1 Å². The molecule has 2 amide bonds. The normalized spacial score (nSPS) is 27.9. The number of ether oxygens (including phenoxy) is 2. The van der Waals surface area contributed by atoms with E-state index >= 15 is 0 Å². The van der Waals surface area contributed by atoms with Gasteiger partial charge in [-0.1, -0.05) is 12.1 Å². The van der Waals surface area contributed by atoms with Crippen molar-refractivity contribution in [2.24, 2.45) is 5.92 Å². The van der Waals surface area contributed by atoms with Gasteiger partial charge in [-0.05, 0) is 49.3 Å². The van der Waals surface area contributed by atoms with Gasteiger partial charge in [-0.15, -0.1) is 13.2 Å². The minimum Gasteiger partial charge on any atom is -0.447 e. The number of benzene rings is 1. The predicted octanol–water partition coefficient (Wildman–Crippen LogP) is 3.18. The zero-order valence-electron chi connectivity index (χ0n) is 15.1. The number of rotatable bonds is 3. The van der Waals surface area contributed by atoms with Crippen LogP contribution in [0, 0.1) is 5.92 Å². The van der Waals surface area contributed by atoms with Crippen molar-refractivity contribution in [2.75, 3.05) is 19.7 Å². The molecule has 2 aliphatic heterocycles. The van der Waals surface area contributed by atoms with E-state index < -0.39 is 12.5 Å². The average molecular weight is 398 g/mol. The van der Waals surface area contributed by atoms with Gasteiger partial charge < -0.3 is 19.7 Å². The van der Waals surface area contributed by atoms with Crippen LogP contribution in [0.4, 0.5) is 18.0 Å². The Kier molecular flexibility index (Phi) is 4.63. The Balaban J connectivity index is 1.27. The number of hydrogen-bond acceptors (Lipinski definition) is 4. The summed E-state index contributed by atoms with van der Waals surface area (Å²) in [6.45, 7) is 1.57. The van der Waals surface area contributed by atoms with E-state index in [1.165, 1.54) is 12.1 Å². The molecule has 1 spiro atoms. The summed E-state index contributed by atoms with van der Waals surface area (Å²) >= 11 is 0. The van der Waals surface area contributed by atoms with Crippen LogP contribution in [-0.2, 0) is 9.53 Å². The van der Waals surface area contributed by atoms with Crippen molar-refractivity contribution in [3.63, 3.8) is 0 Å². The predicted molar refractivity (Wildman–Crippen MR) is 91.6 cm³/mol. The third kappa shape index (κ3) is 3.88. The molecule has 2 saturated heterocycles. The average Bonchev–Trinajstić information content (AvgIpc) is 3.02. The van der Waals surface area contributed by atoms with Crippen LogP contribution in [-0.4, -0.2) is 48.5 Å². The van der Waals surface area contributed by atoms with E-state index in [1.54, 1.807) is 12.1 Å². The molecule has 28 heavy (non-hydrogen) atoms. The molecule has 0 bridgehead atoms. The summed E-state index contributed by atoms with van der Waals surface area (Å²) < 4.78 is 45.6. The molecule has 0 radical (unpaired) electrons. The van der Waals surface area contributed by atoms with Crippen molar-refractivity contribution in [2.45, 2.75) is 43.5 Å². The number of amides is 2. The van der Waals surface area contributed by atoms with Crippen molar-refractivity contribution in [3.8, 4) is 5.75 Å². The lowest BCUT2D eigenvalue weighted by Crippen LogP contribution is -2.58. The fourth-order valence-electron chi connectivity index (χ4n) is 4.40. The summed E-state index contributed by atoms with van der Waals surface area (Å²) in [5, 5.41) is 2.79. The van der Waals surface area contributed by atoms with Crippen LogP contribution in [0.5, 0.6) is 5.75 Å². The Morgan fingerprint density at radius 2 is 1.82 bits per heavy atom. The standard InChI is InChI=1S/C19H21F3N2O4/c20-19(21,22)28-15-3-1-12(2-4-15)13-5-7-24(8-6-13)16(25)14-9-18(10-14)11-27-17(26)23-18/h1-4,13-14H,5-11H2,(H,23,26). The summed E-state index contributed by atoms with van der Waals surface area (Å²) in [6.07, 6.45) is -2.36. The first kappa shape index (κ1) is 18.9. The molecule has 1 saturated carbocycles. The van der Waals surface area contributed by atoms with Gasteiger partial charge in [-0.3, -0.25) is 4.79 Å². The molecule has 1 aliphatic carbocycles. The second-order valence-electron chi connectivity index (χ2n) is 7.80.